The second-order valence-electron chi connectivity index (χ2n) is 7.36. The molecule has 2 aliphatic carbocycles. The summed E-state index contributed by atoms with van der Waals surface area (Å²) in [5.74, 6) is 0. The zero-order valence-electron chi connectivity index (χ0n) is 13.3. The van der Waals surface area contributed by atoms with Crippen LogP contribution in [0.2, 0.25) is 0 Å². The summed E-state index contributed by atoms with van der Waals surface area (Å²) in [5.41, 5.74) is 1.54. The highest BCUT2D eigenvalue weighted by Gasteiger charge is 2.27. The van der Waals surface area contributed by atoms with E-state index in [1.165, 1.54) is 38.5 Å². The third-order valence-electron chi connectivity index (χ3n) is 4.70. The molecule has 0 unspecified atom stereocenters. The molecular weight excluding hydrogens is 264 g/mol. The number of aromatic nitrogens is 3. The minimum absolute atomic E-state index is 0.442. The van der Waals surface area contributed by atoms with Crippen molar-refractivity contribution in [1.82, 2.24) is 20.3 Å². The predicted molar refractivity (Wildman–Crippen MR) is 81.9 cm³/mol. The summed E-state index contributed by atoms with van der Waals surface area (Å²) < 4.78 is 7.89. The first-order valence-corrected chi connectivity index (χ1v) is 8.35. The van der Waals surface area contributed by atoms with Gasteiger partial charge in [-0.05, 0) is 43.9 Å². The Hall–Kier alpha value is -0.940. The fraction of sp³-hybridized carbons (Fsp3) is 0.875. The van der Waals surface area contributed by atoms with Crippen molar-refractivity contribution in [3.8, 4) is 0 Å². The average Bonchev–Trinajstić information content (AvgIpc) is 3.18. The van der Waals surface area contributed by atoms with Crippen LogP contribution in [0, 0.1) is 5.41 Å². The molecule has 0 aliphatic heterocycles. The number of ether oxygens (including phenoxy) is 1. The van der Waals surface area contributed by atoms with Gasteiger partial charge in [0.2, 0.25) is 0 Å². The van der Waals surface area contributed by atoms with Crippen LogP contribution in [0.15, 0.2) is 6.20 Å². The lowest BCUT2D eigenvalue weighted by atomic mass is 9.76. The average molecular weight is 292 g/mol. The van der Waals surface area contributed by atoms with Crippen LogP contribution in [0.3, 0.4) is 0 Å². The Morgan fingerprint density at radius 1 is 1.29 bits per heavy atom. The summed E-state index contributed by atoms with van der Waals surface area (Å²) in [6, 6.07) is 0.717. The molecule has 1 N–H and O–H groups in total. The first-order valence-electron chi connectivity index (χ1n) is 8.35. The van der Waals surface area contributed by atoms with E-state index in [0.29, 0.717) is 17.6 Å². The maximum Gasteiger partial charge on any atom is 0.0964 e. The molecule has 0 radical (unpaired) electrons. The molecule has 5 nitrogen and oxygen atoms in total. The van der Waals surface area contributed by atoms with Crippen molar-refractivity contribution in [2.45, 2.75) is 77.6 Å². The van der Waals surface area contributed by atoms with E-state index in [4.69, 9.17) is 4.74 Å². The SMILES string of the molecule is CC1(C)CCC(OCCn2cc(CNC3CC3)nn2)CC1. The van der Waals surface area contributed by atoms with E-state index in [0.717, 1.165) is 25.4 Å². The smallest absolute Gasteiger partial charge is 0.0964 e. The monoisotopic (exact) mass is 292 g/mol. The molecule has 118 valence electrons. The van der Waals surface area contributed by atoms with Crippen LogP contribution in [0.4, 0.5) is 0 Å². The van der Waals surface area contributed by atoms with Gasteiger partial charge in [-0.2, -0.15) is 0 Å². The first-order chi connectivity index (χ1) is 10.1. The van der Waals surface area contributed by atoms with Crippen molar-refractivity contribution in [1.29, 1.82) is 0 Å². The molecule has 5 heteroatoms. The standard InChI is InChI=1S/C16H28N4O/c1-16(2)7-5-15(6-8-16)21-10-9-20-12-14(18-19-20)11-17-13-3-4-13/h12-13,15,17H,3-11H2,1-2H3. The Balaban J connectivity index is 1.33. The Bertz CT molecular complexity index is 443. The van der Waals surface area contributed by atoms with Gasteiger partial charge in [0, 0.05) is 18.8 Å². The second-order valence-corrected chi connectivity index (χ2v) is 7.36. The Morgan fingerprint density at radius 2 is 2.05 bits per heavy atom. The van der Waals surface area contributed by atoms with Crippen LogP contribution < -0.4 is 5.32 Å². The molecule has 2 aliphatic rings. The fourth-order valence-corrected chi connectivity index (χ4v) is 2.92. The molecule has 3 rings (SSSR count). The van der Waals surface area contributed by atoms with Gasteiger partial charge in [-0.15, -0.1) is 5.10 Å². The largest absolute Gasteiger partial charge is 0.376 e. The maximum absolute atomic E-state index is 5.99. The summed E-state index contributed by atoms with van der Waals surface area (Å²) in [6.07, 6.45) is 10.0. The molecule has 0 aromatic carbocycles. The zero-order valence-corrected chi connectivity index (χ0v) is 13.3. The molecule has 0 saturated heterocycles. The van der Waals surface area contributed by atoms with Crippen LogP contribution in [0.1, 0.15) is 58.1 Å². The summed E-state index contributed by atoms with van der Waals surface area (Å²) in [6.45, 7) is 7.09. The predicted octanol–water partition coefficient (Wildman–Crippen LogP) is 2.52. The normalized spacial score (nSPS) is 22.6. The number of hydrogen-bond acceptors (Lipinski definition) is 4. The van der Waals surface area contributed by atoms with Crippen LogP contribution in [0.25, 0.3) is 0 Å². The van der Waals surface area contributed by atoms with Gasteiger partial charge in [0.25, 0.3) is 0 Å². The van der Waals surface area contributed by atoms with E-state index < -0.39 is 0 Å². The molecule has 0 amide bonds. The Kier molecular flexibility index (Phi) is 4.60. The van der Waals surface area contributed by atoms with Crippen molar-refractivity contribution in [2.24, 2.45) is 5.41 Å². The lowest BCUT2D eigenvalue weighted by Crippen LogP contribution is -2.27. The molecular formula is C16H28N4O. The van der Waals surface area contributed by atoms with Crippen molar-refractivity contribution in [3.05, 3.63) is 11.9 Å². The minimum Gasteiger partial charge on any atom is -0.376 e. The topological polar surface area (TPSA) is 52.0 Å². The molecule has 1 heterocycles. The molecule has 2 fully saturated rings. The van der Waals surface area contributed by atoms with Crippen LogP contribution in [-0.2, 0) is 17.8 Å². The number of nitrogens with one attached hydrogen (secondary N) is 1. The Labute approximate surface area is 127 Å². The summed E-state index contributed by atoms with van der Waals surface area (Å²) in [7, 11) is 0. The highest BCUT2D eigenvalue weighted by atomic mass is 16.5. The van der Waals surface area contributed by atoms with Gasteiger partial charge in [0.1, 0.15) is 0 Å². The number of hydrogen-bond donors (Lipinski definition) is 1. The van der Waals surface area contributed by atoms with Gasteiger partial charge in [0.15, 0.2) is 0 Å². The van der Waals surface area contributed by atoms with Crippen LogP contribution in [-0.4, -0.2) is 33.7 Å². The molecule has 1 aromatic heterocycles. The van der Waals surface area contributed by atoms with Crippen molar-refractivity contribution < 1.29 is 4.74 Å². The second kappa shape index (κ2) is 6.44. The number of nitrogens with zero attached hydrogens (tertiary/aromatic N) is 3. The third kappa shape index (κ3) is 4.78. The zero-order chi connectivity index (χ0) is 14.7. The van der Waals surface area contributed by atoms with Crippen LogP contribution in [0.5, 0.6) is 0 Å². The lowest BCUT2D eigenvalue weighted by molar-refractivity contribution is -0.0000933. The Morgan fingerprint density at radius 3 is 2.76 bits per heavy atom. The molecule has 0 atom stereocenters. The van der Waals surface area contributed by atoms with Crippen molar-refractivity contribution >= 4 is 0 Å². The van der Waals surface area contributed by atoms with Crippen molar-refractivity contribution in [3.63, 3.8) is 0 Å². The van der Waals surface area contributed by atoms with Gasteiger partial charge < -0.3 is 10.1 Å². The van der Waals surface area contributed by atoms with Gasteiger partial charge >= 0.3 is 0 Å². The highest BCUT2D eigenvalue weighted by Crippen LogP contribution is 2.36. The molecule has 2 saturated carbocycles. The van der Waals surface area contributed by atoms with Gasteiger partial charge in [-0.3, -0.25) is 0 Å². The van der Waals surface area contributed by atoms with Gasteiger partial charge in [-0.1, -0.05) is 19.1 Å². The molecule has 21 heavy (non-hydrogen) atoms. The molecule has 0 spiro atoms. The highest BCUT2D eigenvalue weighted by molar-refractivity contribution is 4.94. The molecule has 1 aromatic rings. The van der Waals surface area contributed by atoms with E-state index >= 15 is 0 Å². The van der Waals surface area contributed by atoms with Crippen LogP contribution >= 0.6 is 0 Å². The number of rotatable bonds is 7. The third-order valence-corrected chi connectivity index (χ3v) is 4.70. The minimum atomic E-state index is 0.442. The van der Waals surface area contributed by atoms with E-state index in [9.17, 15) is 0 Å². The quantitative estimate of drug-likeness (QED) is 0.839. The first kappa shape index (κ1) is 15.0. The van der Waals surface area contributed by atoms with Crippen molar-refractivity contribution in [2.75, 3.05) is 6.61 Å². The van der Waals surface area contributed by atoms with E-state index in [1.807, 2.05) is 10.9 Å². The summed E-state index contributed by atoms with van der Waals surface area (Å²) >= 11 is 0. The van der Waals surface area contributed by atoms with Gasteiger partial charge in [-0.25, -0.2) is 4.68 Å². The van der Waals surface area contributed by atoms with E-state index in [-0.39, 0.29) is 0 Å². The fourth-order valence-electron chi connectivity index (χ4n) is 2.92. The summed E-state index contributed by atoms with van der Waals surface area (Å²) in [4.78, 5) is 0. The lowest BCUT2D eigenvalue weighted by Gasteiger charge is -2.34. The van der Waals surface area contributed by atoms with E-state index in [2.05, 4.69) is 29.5 Å². The van der Waals surface area contributed by atoms with E-state index in [1.54, 1.807) is 0 Å². The summed E-state index contributed by atoms with van der Waals surface area (Å²) in [5, 5.41) is 11.8. The van der Waals surface area contributed by atoms with Gasteiger partial charge in [0.05, 0.1) is 24.9 Å². The maximum atomic E-state index is 5.99. The molecule has 0 bridgehead atoms.